The second kappa shape index (κ2) is 10.3. The molecule has 3 aromatic heterocycles. The Morgan fingerprint density at radius 2 is 2.05 bits per heavy atom. The molecule has 0 spiro atoms. The molecule has 14 heteroatoms. The van der Waals surface area contributed by atoms with E-state index >= 15 is 0 Å². The Hall–Kier alpha value is -4.46. The quantitative estimate of drug-likeness (QED) is 0.346. The number of fused-ring (bicyclic) bond motifs is 1. The summed E-state index contributed by atoms with van der Waals surface area (Å²) in [6.45, 7) is 2.78. The molecule has 0 atom stereocenters. The number of hydrogen-bond donors (Lipinski definition) is 2. The molecule has 1 fully saturated rings. The summed E-state index contributed by atoms with van der Waals surface area (Å²) in [6, 6.07) is 4.33. The molecule has 1 aromatic carbocycles. The van der Waals surface area contributed by atoms with Crippen LogP contribution in [0.3, 0.4) is 0 Å². The number of halogens is 3. The van der Waals surface area contributed by atoms with E-state index in [9.17, 15) is 18.0 Å². The van der Waals surface area contributed by atoms with Crippen LogP contribution in [0.4, 0.5) is 30.6 Å². The Morgan fingerprint density at radius 1 is 1.24 bits per heavy atom. The largest absolute Gasteiger partial charge is 0.378 e. The Balaban J connectivity index is 1.48. The van der Waals surface area contributed by atoms with Crippen LogP contribution < -0.4 is 15.5 Å². The van der Waals surface area contributed by atoms with Crippen LogP contribution in [-0.4, -0.2) is 61.5 Å². The van der Waals surface area contributed by atoms with Gasteiger partial charge in [-0.3, -0.25) is 9.36 Å². The molecule has 0 radical (unpaired) electrons. The fraction of sp³-hybridized carbons (Fsp3) is 0.261. The van der Waals surface area contributed by atoms with E-state index < -0.39 is 18.3 Å². The number of alkyl halides is 2. The predicted octanol–water partition coefficient (Wildman–Crippen LogP) is 3.12. The lowest BCUT2D eigenvalue weighted by Crippen LogP contribution is -2.37. The lowest BCUT2D eigenvalue weighted by atomic mass is 10.2. The molecule has 2 N–H and O–H groups in total. The van der Waals surface area contributed by atoms with Gasteiger partial charge in [0.1, 0.15) is 12.1 Å². The number of rotatable bonds is 8. The number of carbonyl (C=O) groups excluding carboxylic acids is 1. The molecule has 1 saturated heterocycles. The molecule has 5 rings (SSSR count). The molecule has 1 amide bonds. The van der Waals surface area contributed by atoms with Crippen molar-refractivity contribution in [3.63, 3.8) is 0 Å². The number of nitrogens with zero attached hydrogens (tertiary/aromatic N) is 7. The smallest absolute Gasteiger partial charge is 0.333 e. The molecule has 1 aliphatic rings. The highest BCUT2D eigenvalue weighted by molar-refractivity contribution is 5.98. The second-order valence-corrected chi connectivity index (χ2v) is 8.07. The van der Waals surface area contributed by atoms with Crippen molar-refractivity contribution >= 4 is 34.5 Å². The maximum atomic E-state index is 14.7. The van der Waals surface area contributed by atoms with E-state index in [2.05, 4.69) is 37.3 Å². The zero-order valence-corrected chi connectivity index (χ0v) is 19.4. The minimum absolute atomic E-state index is 0.0619. The van der Waals surface area contributed by atoms with Gasteiger partial charge in [-0.2, -0.15) is 23.8 Å². The molecule has 0 unspecified atom stereocenters. The number of morpholine rings is 1. The van der Waals surface area contributed by atoms with Crippen LogP contribution >= 0.6 is 0 Å². The molecule has 1 aliphatic heterocycles. The van der Waals surface area contributed by atoms with Crippen molar-refractivity contribution in [2.24, 2.45) is 0 Å². The number of nitrogens with one attached hydrogen (secondary N) is 2. The second-order valence-electron chi connectivity index (χ2n) is 8.07. The first kappa shape index (κ1) is 24.2. The van der Waals surface area contributed by atoms with Crippen molar-refractivity contribution in [1.29, 1.82) is 0 Å². The van der Waals surface area contributed by atoms with Crippen molar-refractivity contribution < 1.29 is 22.7 Å². The molecule has 0 bridgehead atoms. The topological polar surface area (TPSA) is 115 Å². The first-order chi connectivity index (χ1) is 17.9. The van der Waals surface area contributed by atoms with Crippen molar-refractivity contribution in [2.75, 3.05) is 41.8 Å². The van der Waals surface area contributed by atoms with E-state index in [0.29, 0.717) is 70.9 Å². The van der Waals surface area contributed by atoms with Crippen LogP contribution in [0.5, 0.6) is 0 Å². The minimum Gasteiger partial charge on any atom is -0.378 e. The maximum Gasteiger partial charge on any atom is 0.333 e. The summed E-state index contributed by atoms with van der Waals surface area (Å²) < 4.78 is 48.4. The van der Waals surface area contributed by atoms with Gasteiger partial charge in [0, 0.05) is 30.9 Å². The average molecular weight is 513 g/mol. The Morgan fingerprint density at radius 3 is 2.76 bits per heavy atom. The molecule has 11 nitrogen and oxygen atoms in total. The zero-order chi connectivity index (χ0) is 25.9. The van der Waals surface area contributed by atoms with Gasteiger partial charge in [0.2, 0.25) is 11.9 Å². The van der Waals surface area contributed by atoms with Gasteiger partial charge >= 0.3 is 6.55 Å². The number of hydrogen-bond acceptors (Lipinski definition) is 8. The molecular weight excluding hydrogens is 491 g/mol. The third-order valence-electron chi connectivity index (χ3n) is 5.70. The molecule has 37 heavy (non-hydrogen) atoms. The molecular formula is C23H22F3N9O2. The van der Waals surface area contributed by atoms with Gasteiger partial charge in [-0.1, -0.05) is 12.6 Å². The molecule has 0 saturated carbocycles. The van der Waals surface area contributed by atoms with Gasteiger partial charge in [0.25, 0.3) is 0 Å². The summed E-state index contributed by atoms with van der Waals surface area (Å²) in [5, 5.41) is 9.31. The lowest BCUT2D eigenvalue weighted by molar-refractivity contribution is -0.111. The Bertz CT molecular complexity index is 1450. The molecule has 192 valence electrons. The van der Waals surface area contributed by atoms with Crippen LogP contribution in [0, 0.1) is 5.82 Å². The van der Waals surface area contributed by atoms with E-state index in [1.54, 1.807) is 12.1 Å². The number of carbonyl (C=O) groups is 1. The van der Waals surface area contributed by atoms with E-state index in [1.165, 1.54) is 29.4 Å². The van der Waals surface area contributed by atoms with Gasteiger partial charge in [-0.15, -0.1) is 0 Å². The number of benzene rings is 1. The normalized spacial score (nSPS) is 13.8. The highest BCUT2D eigenvalue weighted by atomic mass is 19.3. The fourth-order valence-electron chi connectivity index (χ4n) is 3.81. The van der Waals surface area contributed by atoms with Crippen molar-refractivity contribution in [3.8, 4) is 5.69 Å². The minimum atomic E-state index is -2.79. The Labute approximate surface area is 208 Å². The van der Waals surface area contributed by atoms with E-state index in [0.717, 1.165) is 6.08 Å². The summed E-state index contributed by atoms with van der Waals surface area (Å²) in [4.78, 5) is 27.1. The van der Waals surface area contributed by atoms with Gasteiger partial charge in [0.05, 0.1) is 31.3 Å². The maximum absolute atomic E-state index is 14.7. The first-order valence-electron chi connectivity index (χ1n) is 11.3. The SMILES string of the molecule is C=CC(=O)Nc1ccc(CNc2nc(N3CCOCC3)nc3c2ncn3-c2cnn(C(F)F)c2)c(F)c1. The standard InChI is InChI=1S/C23H22F3N9O2/c1-2-18(36)30-15-4-3-14(17(24)9-15)10-27-20-19-21(32-23(31-20)33-5-7-37-8-6-33)34(13-28-19)16-11-29-35(12-16)22(25)26/h2-4,9,11-13,22H,1,5-8,10H2,(H,30,36)(H,27,31,32). The van der Waals surface area contributed by atoms with Crippen LogP contribution in [0.15, 0.2) is 49.6 Å². The number of aromatic nitrogens is 6. The summed E-state index contributed by atoms with van der Waals surface area (Å²) >= 11 is 0. The van der Waals surface area contributed by atoms with E-state index in [-0.39, 0.29) is 6.54 Å². The summed E-state index contributed by atoms with van der Waals surface area (Å²) in [5.74, 6) is -0.240. The van der Waals surface area contributed by atoms with Gasteiger partial charge in [0.15, 0.2) is 17.0 Å². The molecule has 4 aromatic rings. The van der Waals surface area contributed by atoms with E-state index in [4.69, 9.17) is 4.74 Å². The highest BCUT2D eigenvalue weighted by Crippen LogP contribution is 2.27. The van der Waals surface area contributed by atoms with Crippen molar-refractivity contribution in [1.82, 2.24) is 29.3 Å². The molecule has 4 heterocycles. The zero-order valence-electron chi connectivity index (χ0n) is 19.4. The average Bonchev–Trinajstić information content (AvgIpc) is 3.56. The number of imidazole rings is 1. The van der Waals surface area contributed by atoms with E-state index in [1.807, 2.05) is 4.90 Å². The van der Waals surface area contributed by atoms with Crippen molar-refractivity contribution in [2.45, 2.75) is 13.1 Å². The first-order valence-corrected chi connectivity index (χ1v) is 11.3. The third-order valence-corrected chi connectivity index (χ3v) is 5.70. The monoisotopic (exact) mass is 513 g/mol. The predicted molar refractivity (Wildman–Crippen MR) is 129 cm³/mol. The van der Waals surface area contributed by atoms with Crippen LogP contribution in [0.2, 0.25) is 0 Å². The van der Waals surface area contributed by atoms with Crippen LogP contribution in [0.1, 0.15) is 12.1 Å². The van der Waals surface area contributed by atoms with Gasteiger partial charge in [-0.25, -0.2) is 14.1 Å². The highest BCUT2D eigenvalue weighted by Gasteiger charge is 2.21. The van der Waals surface area contributed by atoms with Crippen molar-refractivity contribution in [3.05, 3.63) is 61.0 Å². The molecule has 0 aliphatic carbocycles. The van der Waals surface area contributed by atoms with Crippen LogP contribution in [0.25, 0.3) is 16.9 Å². The number of amides is 1. The summed E-state index contributed by atoms with van der Waals surface area (Å²) in [5.41, 5.74) is 1.72. The number of anilines is 3. The summed E-state index contributed by atoms with van der Waals surface area (Å²) in [7, 11) is 0. The van der Waals surface area contributed by atoms with Crippen LogP contribution in [-0.2, 0) is 16.1 Å². The lowest BCUT2D eigenvalue weighted by Gasteiger charge is -2.27. The summed E-state index contributed by atoms with van der Waals surface area (Å²) in [6.07, 6.45) is 5.02. The van der Waals surface area contributed by atoms with Gasteiger partial charge < -0.3 is 20.3 Å². The Kier molecular flexibility index (Phi) is 6.72. The van der Waals surface area contributed by atoms with Gasteiger partial charge in [-0.05, 0) is 18.2 Å². The number of ether oxygens (including phenoxy) is 1. The third kappa shape index (κ3) is 5.09. The fourth-order valence-corrected chi connectivity index (χ4v) is 3.81.